The standard InChI is InChI=1S/C19H22F4N4OS/c1-11-15(17(20)21)26-27(10-12-3-6-19(22,23)7-4-12)16(11)18(28)25-13-5-8-24-14(9-13)29-2/h5,8-9,12,17H,3-4,6-7,10H2,1-2H3,(H,24,25,28). The van der Waals surface area contributed by atoms with E-state index in [-0.39, 0.29) is 49.4 Å². The Morgan fingerprint density at radius 2 is 2.07 bits per heavy atom. The van der Waals surface area contributed by atoms with Crippen molar-refractivity contribution in [3.05, 3.63) is 35.3 Å². The summed E-state index contributed by atoms with van der Waals surface area (Å²) in [6.45, 7) is 1.58. The first-order chi connectivity index (χ1) is 13.7. The molecule has 5 nitrogen and oxygen atoms in total. The van der Waals surface area contributed by atoms with Gasteiger partial charge in [0.15, 0.2) is 0 Å². The number of carbonyl (C=O) groups is 1. The number of pyridine rings is 1. The highest BCUT2D eigenvalue weighted by atomic mass is 32.2. The number of alkyl halides is 4. The second kappa shape index (κ2) is 8.73. The van der Waals surface area contributed by atoms with Gasteiger partial charge in [-0.05, 0) is 44.1 Å². The highest BCUT2D eigenvalue weighted by Crippen LogP contribution is 2.37. The van der Waals surface area contributed by atoms with E-state index in [9.17, 15) is 22.4 Å². The number of nitrogens with one attached hydrogen (secondary N) is 1. The molecule has 1 fully saturated rings. The Morgan fingerprint density at radius 1 is 1.38 bits per heavy atom. The van der Waals surface area contributed by atoms with Crippen LogP contribution >= 0.6 is 11.8 Å². The van der Waals surface area contributed by atoms with Gasteiger partial charge in [0.2, 0.25) is 5.92 Å². The fraction of sp³-hybridized carbons (Fsp3) is 0.526. The zero-order valence-corrected chi connectivity index (χ0v) is 16.9. The number of hydrogen-bond donors (Lipinski definition) is 1. The Kier molecular flexibility index (Phi) is 6.50. The predicted molar refractivity (Wildman–Crippen MR) is 103 cm³/mol. The summed E-state index contributed by atoms with van der Waals surface area (Å²) >= 11 is 1.40. The van der Waals surface area contributed by atoms with Crippen molar-refractivity contribution >= 4 is 23.4 Å². The average Bonchev–Trinajstić information content (AvgIpc) is 3.00. The molecule has 0 aliphatic heterocycles. The monoisotopic (exact) mass is 430 g/mol. The quantitative estimate of drug-likeness (QED) is 0.498. The van der Waals surface area contributed by atoms with E-state index in [1.54, 1.807) is 18.3 Å². The maximum atomic E-state index is 13.4. The number of thioether (sulfide) groups is 1. The molecular formula is C19H22F4N4OS. The largest absolute Gasteiger partial charge is 0.321 e. The summed E-state index contributed by atoms with van der Waals surface area (Å²) in [4.78, 5) is 17.0. The van der Waals surface area contributed by atoms with Gasteiger partial charge in [0, 0.05) is 36.8 Å². The molecule has 0 spiro atoms. The Labute approximate surface area is 170 Å². The van der Waals surface area contributed by atoms with E-state index in [1.807, 2.05) is 6.26 Å². The summed E-state index contributed by atoms with van der Waals surface area (Å²) in [7, 11) is 0. The van der Waals surface area contributed by atoms with Crippen molar-refractivity contribution in [1.82, 2.24) is 14.8 Å². The Bertz CT molecular complexity index is 877. The number of aromatic nitrogens is 3. The van der Waals surface area contributed by atoms with Gasteiger partial charge in [-0.25, -0.2) is 22.5 Å². The second-order valence-corrected chi connectivity index (χ2v) is 8.01. The van der Waals surface area contributed by atoms with Crippen molar-refractivity contribution in [2.75, 3.05) is 11.6 Å². The summed E-state index contributed by atoms with van der Waals surface area (Å²) in [5.74, 6) is -3.39. The summed E-state index contributed by atoms with van der Waals surface area (Å²) in [6, 6.07) is 3.28. The van der Waals surface area contributed by atoms with Crippen LogP contribution in [-0.4, -0.2) is 32.8 Å². The molecule has 3 rings (SSSR count). The van der Waals surface area contributed by atoms with Gasteiger partial charge in [0.1, 0.15) is 11.4 Å². The fourth-order valence-electron chi connectivity index (χ4n) is 3.51. The lowest BCUT2D eigenvalue weighted by Gasteiger charge is -2.28. The lowest BCUT2D eigenvalue weighted by atomic mass is 9.87. The van der Waals surface area contributed by atoms with Crippen LogP contribution in [0.3, 0.4) is 0 Å². The predicted octanol–water partition coefficient (Wildman–Crippen LogP) is 5.32. The van der Waals surface area contributed by atoms with Crippen LogP contribution in [0.5, 0.6) is 0 Å². The molecule has 0 radical (unpaired) electrons. The molecule has 0 aromatic carbocycles. The summed E-state index contributed by atoms with van der Waals surface area (Å²) in [6.07, 6.45) is 0.596. The van der Waals surface area contributed by atoms with Crippen LogP contribution < -0.4 is 5.32 Å². The molecule has 2 heterocycles. The maximum absolute atomic E-state index is 13.4. The van der Waals surface area contributed by atoms with E-state index in [2.05, 4.69) is 15.4 Å². The van der Waals surface area contributed by atoms with Crippen molar-refractivity contribution in [2.24, 2.45) is 5.92 Å². The summed E-state index contributed by atoms with van der Waals surface area (Å²) in [5, 5.41) is 7.34. The van der Waals surface area contributed by atoms with Crippen LogP contribution in [0.1, 0.15) is 53.9 Å². The molecule has 0 atom stereocenters. The molecule has 0 unspecified atom stereocenters. The first-order valence-corrected chi connectivity index (χ1v) is 10.5. The van der Waals surface area contributed by atoms with Crippen LogP contribution in [0, 0.1) is 12.8 Å². The minimum absolute atomic E-state index is 0.0279. The first kappa shape index (κ1) is 21.6. The van der Waals surface area contributed by atoms with E-state index in [4.69, 9.17) is 0 Å². The Balaban J connectivity index is 1.85. The van der Waals surface area contributed by atoms with E-state index >= 15 is 0 Å². The van der Waals surface area contributed by atoms with E-state index in [0.29, 0.717) is 10.7 Å². The fourth-order valence-corrected chi connectivity index (χ4v) is 3.92. The van der Waals surface area contributed by atoms with Crippen molar-refractivity contribution < 1.29 is 22.4 Å². The number of carbonyl (C=O) groups excluding carboxylic acids is 1. The minimum atomic E-state index is -2.83. The van der Waals surface area contributed by atoms with Gasteiger partial charge in [0.25, 0.3) is 12.3 Å². The molecule has 1 saturated carbocycles. The maximum Gasteiger partial charge on any atom is 0.282 e. The highest BCUT2D eigenvalue weighted by molar-refractivity contribution is 7.98. The lowest BCUT2D eigenvalue weighted by Crippen LogP contribution is -2.28. The molecule has 158 valence electrons. The van der Waals surface area contributed by atoms with Gasteiger partial charge < -0.3 is 5.32 Å². The smallest absolute Gasteiger partial charge is 0.282 e. The van der Waals surface area contributed by atoms with Gasteiger partial charge in [-0.1, -0.05) is 0 Å². The summed E-state index contributed by atoms with van der Waals surface area (Å²) < 4.78 is 54.8. The molecule has 1 amide bonds. The number of hydrogen-bond acceptors (Lipinski definition) is 4. The number of rotatable bonds is 6. The second-order valence-electron chi connectivity index (χ2n) is 7.18. The molecule has 1 aliphatic rings. The molecule has 2 aromatic heterocycles. The molecule has 0 bridgehead atoms. The zero-order valence-electron chi connectivity index (χ0n) is 16.1. The third-order valence-electron chi connectivity index (χ3n) is 5.12. The van der Waals surface area contributed by atoms with Crippen LogP contribution in [0.25, 0.3) is 0 Å². The van der Waals surface area contributed by atoms with Gasteiger partial charge in [-0.15, -0.1) is 11.8 Å². The van der Waals surface area contributed by atoms with Crippen molar-refractivity contribution in [2.45, 2.75) is 56.5 Å². The van der Waals surface area contributed by atoms with Crippen LogP contribution in [-0.2, 0) is 6.54 Å². The number of amides is 1. The molecule has 10 heteroatoms. The normalized spacial score (nSPS) is 16.9. The molecule has 1 N–H and O–H groups in total. The molecule has 1 aliphatic carbocycles. The van der Waals surface area contributed by atoms with Gasteiger partial charge in [-0.3, -0.25) is 9.48 Å². The lowest BCUT2D eigenvalue weighted by molar-refractivity contribution is -0.0477. The topological polar surface area (TPSA) is 59.8 Å². The summed E-state index contributed by atoms with van der Waals surface area (Å²) in [5.41, 5.74) is 0.145. The third kappa shape index (κ3) is 5.09. The van der Waals surface area contributed by atoms with E-state index in [0.717, 1.165) is 0 Å². The number of halogens is 4. The van der Waals surface area contributed by atoms with E-state index in [1.165, 1.54) is 23.4 Å². The van der Waals surface area contributed by atoms with Crippen LogP contribution in [0.2, 0.25) is 0 Å². The Hall–Kier alpha value is -2.10. The molecule has 29 heavy (non-hydrogen) atoms. The van der Waals surface area contributed by atoms with Gasteiger partial charge in [-0.2, -0.15) is 5.10 Å². The minimum Gasteiger partial charge on any atom is -0.321 e. The third-order valence-corrected chi connectivity index (χ3v) is 5.76. The van der Waals surface area contributed by atoms with Gasteiger partial charge >= 0.3 is 0 Å². The van der Waals surface area contributed by atoms with Crippen LogP contribution in [0.15, 0.2) is 23.4 Å². The van der Waals surface area contributed by atoms with E-state index < -0.39 is 23.9 Å². The average molecular weight is 430 g/mol. The highest BCUT2D eigenvalue weighted by Gasteiger charge is 2.36. The van der Waals surface area contributed by atoms with Crippen molar-refractivity contribution in [1.29, 1.82) is 0 Å². The van der Waals surface area contributed by atoms with Crippen molar-refractivity contribution in [3.8, 4) is 0 Å². The molecule has 2 aromatic rings. The Morgan fingerprint density at radius 3 is 2.69 bits per heavy atom. The van der Waals surface area contributed by atoms with Crippen LogP contribution in [0.4, 0.5) is 23.2 Å². The zero-order chi connectivity index (χ0) is 21.2. The first-order valence-electron chi connectivity index (χ1n) is 9.25. The molecular weight excluding hydrogens is 408 g/mol. The number of nitrogens with zero attached hydrogens (tertiary/aromatic N) is 3. The van der Waals surface area contributed by atoms with Gasteiger partial charge in [0.05, 0.1) is 5.03 Å². The molecule has 0 saturated heterocycles. The van der Waals surface area contributed by atoms with Crippen molar-refractivity contribution in [3.63, 3.8) is 0 Å². The number of anilines is 1. The SMILES string of the molecule is CSc1cc(NC(=O)c2c(C)c(C(F)F)nn2CC2CCC(F)(F)CC2)ccn1.